The van der Waals surface area contributed by atoms with Gasteiger partial charge in [0.25, 0.3) is 0 Å². The molecule has 140 valence electrons. The highest BCUT2D eigenvalue weighted by molar-refractivity contribution is 7.91. The number of benzene rings is 2. The lowest BCUT2D eigenvalue weighted by molar-refractivity contribution is 0.171. The lowest BCUT2D eigenvalue weighted by atomic mass is 10.0. The Bertz CT molecular complexity index is 866. The zero-order valence-electron chi connectivity index (χ0n) is 15.2. The zero-order valence-corrected chi connectivity index (χ0v) is 16.8. The monoisotopic (exact) mass is 392 g/mol. The average Bonchev–Trinajstić information content (AvgIpc) is 3.38. The maximum atomic E-state index is 11.8. The molecule has 0 radical (unpaired) electrons. The van der Waals surface area contributed by atoms with Crippen molar-refractivity contribution < 1.29 is 8.42 Å². The Hall–Kier alpha value is -1.40. The molecule has 2 aliphatic carbocycles. The number of nitrogens with one attached hydrogen (secondary N) is 1. The first-order valence-corrected chi connectivity index (χ1v) is 11.1. The Labute approximate surface area is 161 Å². The van der Waals surface area contributed by atoms with E-state index in [2.05, 4.69) is 23.2 Å². The van der Waals surface area contributed by atoms with Crippen LogP contribution in [0.25, 0.3) is 11.1 Å². The van der Waals surface area contributed by atoms with E-state index < -0.39 is 9.84 Å². The third-order valence-corrected chi connectivity index (χ3v) is 7.04. The van der Waals surface area contributed by atoms with E-state index in [-0.39, 0.29) is 5.75 Å². The van der Waals surface area contributed by atoms with Crippen LogP contribution in [0.4, 0.5) is 0 Å². The Balaban J connectivity index is 0.000000229. The van der Waals surface area contributed by atoms with Crippen LogP contribution in [-0.2, 0) is 9.84 Å². The summed E-state index contributed by atoms with van der Waals surface area (Å²) in [4.78, 5) is 2.84. The molecule has 26 heavy (non-hydrogen) atoms. The topological polar surface area (TPSA) is 49.4 Å². The van der Waals surface area contributed by atoms with Gasteiger partial charge in [-0.05, 0) is 41.9 Å². The summed E-state index contributed by atoms with van der Waals surface area (Å²) in [5, 5.41) is 4.29. The van der Waals surface area contributed by atoms with Gasteiger partial charge in [0.2, 0.25) is 0 Å². The predicted octanol–water partition coefficient (Wildman–Crippen LogP) is 3.77. The smallest absolute Gasteiger partial charge is 0.178 e. The van der Waals surface area contributed by atoms with Crippen LogP contribution in [0.1, 0.15) is 25.5 Å². The van der Waals surface area contributed by atoms with Gasteiger partial charge in [-0.3, -0.25) is 4.90 Å². The molecule has 4 nitrogen and oxygen atoms in total. The van der Waals surface area contributed by atoms with Crippen LogP contribution in [0.3, 0.4) is 0 Å². The second-order valence-electron chi connectivity index (χ2n) is 6.52. The summed E-state index contributed by atoms with van der Waals surface area (Å²) in [7, 11) is -3.09. The molecule has 0 aromatic heterocycles. The van der Waals surface area contributed by atoms with E-state index in [1.807, 2.05) is 24.3 Å². The first-order chi connectivity index (χ1) is 12.5. The predicted molar refractivity (Wildman–Crippen MR) is 107 cm³/mol. The van der Waals surface area contributed by atoms with Crippen LogP contribution < -0.4 is 5.32 Å². The van der Waals surface area contributed by atoms with Crippen molar-refractivity contribution in [2.45, 2.75) is 24.8 Å². The minimum atomic E-state index is -3.09. The maximum absolute atomic E-state index is 11.8. The summed E-state index contributed by atoms with van der Waals surface area (Å²) in [5.41, 5.74) is 3.73. The van der Waals surface area contributed by atoms with E-state index in [1.165, 1.54) is 16.7 Å². The molecule has 6 heteroatoms. The Morgan fingerprint density at radius 3 is 2.35 bits per heavy atom. The van der Waals surface area contributed by atoms with Gasteiger partial charge in [-0.15, -0.1) is 0 Å². The van der Waals surface area contributed by atoms with Gasteiger partial charge in [0.1, 0.15) is 0 Å². The fourth-order valence-electron chi connectivity index (χ4n) is 3.23. The number of piperazine rings is 1. The Morgan fingerprint density at radius 1 is 1.15 bits per heavy atom. The Kier molecular flexibility index (Phi) is 6.03. The number of nitrogens with zero attached hydrogens (tertiary/aromatic N) is 1. The molecule has 0 bridgehead atoms. The molecular formula is C20H25ClN2O2S. The van der Waals surface area contributed by atoms with Crippen molar-refractivity contribution >= 4 is 21.4 Å². The van der Waals surface area contributed by atoms with Crippen molar-refractivity contribution in [1.82, 2.24) is 10.2 Å². The van der Waals surface area contributed by atoms with Crippen molar-refractivity contribution in [3.05, 3.63) is 53.1 Å². The molecule has 1 aromatic carbocycles. The summed E-state index contributed by atoms with van der Waals surface area (Å²) >= 11 is 5.65. The molecule has 1 unspecified atom stereocenters. The van der Waals surface area contributed by atoms with E-state index in [0.717, 1.165) is 31.2 Å². The molecule has 1 aliphatic heterocycles. The summed E-state index contributed by atoms with van der Waals surface area (Å²) in [6.45, 7) is 7.83. The fraction of sp³-hybridized carbons (Fsp3) is 0.400. The van der Waals surface area contributed by atoms with Crippen LogP contribution in [0, 0.1) is 0 Å². The Morgan fingerprint density at radius 2 is 1.88 bits per heavy atom. The first kappa shape index (κ1) is 19.4. The van der Waals surface area contributed by atoms with Gasteiger partial charge in [-0.1, -0.05) is 43.6 Å². The van der Waals surface area contributed by atoms with Crippen LogP contribution in [-0.4, -0.2) is 45.2 Å². The zero-order chi connectivity index (χ0) is 18.7. The molecule has 1 saturated heterocycles. The lowest BCUT2D eigenvalue weighted by Gasteiger charge is -2.35. The van der Waals surface area contributed by atoms with Crippen LogP contribution >= 0.6 is 11.6 Å². The third kappa shape index (κ3) is 4.29. The van der Waals surface area contributed by atoms with Crippen molar-refractivity contribution in [1.29, 1.82) is 0 Å². The molecule has 1 aromatic rings. The van der Waals surface area contributed by atoms with Gasteiger partial charge < -0.3 is 5.32 Å². The minimum absolute atomic E-state index is 0.151. The lowest BCUT2D eigenvalue weighted by Crippen LogP contribution is -2.45. The summed E-state index contributed by atoms with van der Waals surface area (Å²) in [6.07, 6.45) is 0. The minimum Gasteiger partial charge on any atom is -0.314 e. The van der Waals surface area contributed by atoms with Crippen LogP contribution in [0.2, 0.25) is 5.02 Å². The molecular weight excluding hydrogens is 368 g/mol. The molecule has 0 saturated carbocycles. The van der Waals surface area contributed by atoms with Gasteiger partial charge in [-0.25, -0.2) is 8.42 Å². The highest BCUT2D eigenvalue weighted by atomic mass is 35.5. The molecule has 1 atom stereocenters. The molecule has 0 spiro atoms. The fourth-order valence-corrected chi connectivity index (χ4v) is 4.35. The van der Waals surface area contributed by atoms with E-state index in [9.17, 15) is 8.42 Å². The third-order valence-electron chi connectivity index (χ3n) is 4.96. The largest absolute Gasteiger partial charge is 0.314 e. The SMILES string of the molecule is CCN1CCNCC1c1ccc(S(=O)(=O)CC)cc1.Clc1ccc2cc1-2. The van der Waals surface area contributed by atoms with Gasteiger partial charge >= 0.3 is 0 Å². The molecule has 0 amide bonds. The van der Waals surface area contributed by atoms with E-state index in [4.69, 9.17) is 11.6 Å². The number of halogens is 1. The van der Waals surface area contributed by atoms with Gasteiger partial charge in [0.05, 0.1) is 10.6 Å². The summed E-state index contributed by atoms with van der Waals surface area (Å²) in [6, 6.07) is 13.7. The normalized spacial score (nSPS) is 18.8. The number of fused-ring (bicyclic) bond motifs is 1. The summed E-state index contributed by atoms with van der Waals surface area (Å²) < 4.78 is 23.6. The second-order valence-corrected chi connectivity index (χ2v) is 9.20. The highest BCUT2D eigenvalue weighted by Crippen LogP contribution is 2.40. The standard InChI is InChI=1S/C14H22N2O2S.C6H3Cl/c1-3-16-10-9-15-11-14(16)12-5-7-13(8-6-12)19(17,18)4-2;7-6-2-1-4-3-5(4)6/h5-8,14-15H,3-4,9-11H2,1-2H3;1-3H. The molecule has 1 N–H and O–H groups in total. The van der Waals surface area contributed by atoms with Crippen LogP contribution in [0.15, 0.2) is 47.4 Å². The van der Waals surface area contributed by atoms with Crippen LogP contribution in [0.5, 0.6) is 0 Å². The number of sulfone groups is 1. The van der Waals surface area contributed by atoms with Gasteiger partial charge in [0, 0.05) is 36.3 Å². The molecule has 4 rings (SSSR count). The van der Waals surface area contributed by atoms with Crippen molar-refractivity contribution in [2.75, 3.05) is 31.9 Å². The highest BCUT2D eigenvalue weighted by Gasteiger charge is 2.22. The second kappa shape index (κ2) is 8.09. The van der Waals surface area contributed by atoms with E-state index in [0.29, 0.717) is 10.9 Å². The molecule has 1 fully saturated rings. The summed E-state index contributed by atoms with van der Waals surface area (Å²) in [5.74, 6) is 0.151. The number of likely N-dealkylation sites (N-methyl/N-ethyl adjacent to an activating group) is 1. The van der Waals surface area contributed by atoms with Gasteiger partial charge in [-0.2, -0.15) is 0 Å². The van der Waals surface area contributed by atoms with Crippen molar-refractivity contribution in [3.8, 4) is 11.1 Å². The number of rotatable bonds is 4. The first-order valence-electron chi connectivity index (χ1n) is 9.03. The van der Waals surface area contributed by atoms with Gasteiger partial charge in [0.15, 0.2) is 9.84 Å². The number of hydrogen-bond donors (Lipinski definition) is 1. The van der Waals surface area contributed by atoms with Crippen molar-refractivity contribution in [3.63, 3.8) is 0 Å². The van der Waals surface area contributed by atoms with E-state index >= 15 is 0 Å². The van der Waals surface area contributed by atoms with Crippen molar-refractivity contribution in [2.24, 2.45) is 0 Å². The quantitative estimate of drug-likeness (QED) is 0.734. The molecule has 3 aliphatic rings. The maximum Gasteiger partial charge on any atom is 0.178 e. The van der Waals surface area contributed by atoms with E-state index in [1.54, 1.807) is 19.1 Å². The number of hydrogen-bond acceptors (Lipinski definition) is 4. The molecule has 1 heterocycles. The average molecular weight is 393 g/mol.